The second-order valence-electron chi connectivity index (χ2n) is 2.99. The Labute approximate surface area is 77.2 Å². The number of hydrogen-bond donors (Lipinski definition) is 2. The number of hydrogen-bond acceptors (Lipinski definition) is 3. The second-order valence-corrected chi connectivity index (χ2v) is 2.99. The normalized spacial score (nSPS) is 16.8. The van der Waals surface area contributed by atoms with Crippen molar-refractivity contribution in [1.29, 1.82) is 0 Å². The van der Waals surface area contributed by atoms with Crippen LogP contribution in [0.3, 0.4) is 0 Å². The van der Waals surface area contributed by atoms with Crippen LogP contribution < -0.4 is 11.1 Å². The maximum absolute atomic E-state index is 11.2. The molecule has 4 nitrogen and oxygen atoms in total. The first-order valence-corrected chi connectivity index (χ1v) is 4.48. The molecule has 0 atom stereocenters. The van der Waals surface area contributed by atoms with E-state index in [4.69, 9.17) is 5.73 Å². The van der Waals surface area contributed by atoms with Crippen molar-refractivity contribution >= 4 is 11.8 Å². The summed E-state index contributed by atoms with van der Waals surface area (Å²) >= 11 is 0. The molecule has 1 rings (SSSR count). The van der Waals surface area contributed by atoms with Crippen molar-refractivity contribution in [3.05, 3.63) is 11.1 Å². The van der Waals surface area contributed by atoms with E-state index >= 15 is 0 Å². The lowest BCUT2D eigenvalue weighted by atomic mass is 10.0. The van der Waals surface area contributed by atoms with E-state index in [2.05, 4.69) is 5.32 Å². The number of carbonyl (C=O) groups excluding carboxylic acids is 2. The van der Waals surface area contributed by atoms with Crippen molar-refractivity contribution in [1.82, 2.24) is 5.32 Å². The summed E-state index contributed by atoms with van der Waals surface area (Å²) in [5.41, 5.74) is 6.58. The topological polar surface area (TPSA) is 72.2 Å². The minimum atomic E-state index is -0.240. The maximum Gasteiger partial charge on any atom is 0.254 e. The van der Waals surface area contributed by atoms with Crippen LogP contribution in [-0.4, -0.2) is 18.4 Å². The Bertz CT molecular complexity index is 269. The van der Waals surface area contributed by atoms with E-state index in [9.17, 15) is 9.59 Å². The average molecular weight is 182 g/mol. The lowest BCUT2D eigenvalue weighted by Crippen LogP contribution is -2.23. The summed E-state index contributed by atoms with van der Waals surface area (Å²) in [5, 5.41) is 2.28. The number of imide groups is 1. The van der Waals surface area contributed by atoms with Gasteiger partial charge in [-0.25, -0.2) is 0 Å². The number of carbonyl (C=O) groups is 2. The van der Waals surface area contributed by atoms with Crippen LogP contribution in [-0.2, 0) is 9.59 Å². The highest BCUT2D eigenvalue weighted by Gasteiger charge is 2.27. The van der Waals surface area contributed by atoms with E-state index < -0.39 is 0 Å². The van der Waals surface area contributed by atoms with Crippen LogP contribution in [0, 0.1) is 0 Å². The molecular weight excluding hydrogens is 168 g/mol. The summed E-state index contributed by atoms with van der Waals surface area (Å²) in [6, 6.07) is 0. The SMILES string of the molecule is CCC1=C(CCCN)C(=O)NC1=O. The monoisotopic (exact) mass is 182 g/mol. The molecule has 4 heteroatoms. The Hall–Kier alpha value is -1.16. The van der Waals surface area contributed by atoms with Gasteiger partial charge in [-0.05, 0) is 25.8 Å². The van der Waals surface area contributed by atoms with Crippen molar-refractivity contribution in [2.45, 2.75) is 26.2 Å². The lowest BCUT2D eigenvalue weighted by molar-refractivity contribution is -0.124. The Morgan fingerprint density at radius 2 is 1.85 bits per heavy atom. The van der Waals surface area contributed by atoms with E-state index in [1.54, 1.807) is 0 Å². The zero-order chi connectivity index (χ0) is 9.84. The first-order chi connectivity index (χ1) is 6.20. The van der Waals surface area contributed by atoms with Crippen molar-refractivity contribution in [3.8, 4) is 0 Å². The summed E-state index contributed by atoms with van der Waals surface area (Å²) in [5.74, 6) is -0.477. The average Bonchev–Trinajstić information content (AvgIpc) is 2.37. The lowest BCUT2D eigenvalue weighted by Gasteiger charge is -1.99. The molecule has 0 unspecified atom stereocenters. The molecule has 0 bridgehead atoms. The van der Waals surface area contributed by atoms with E-state index in [0.29, 0.717) is 30.5 Å². The van der Waals surface area contributed by atoms with Crippen LogP contribution in [0.5, 0.6) is 0 Å². The molecule has 0 fully saturated rings. The van der Waals surface area contributed by atoms with Gasteiger partial charge in [0.2, 0.25) is 0 Å². The quantitative estimate of drug-likeness (QED) is 0.605. The number of nitrogens with two attached hydrogens (primary N) is 1. The Kier molecular flexibility index (Phi) is 3.19. The van der Waals surface area contributed by atoms with Crippen molar-refractivity contribution < 1.29 is 9.59 Å². The van der Waals surface area contributed by atoms with Crippen LogP contribution in [0.4, 0.5) is 0 Å². The van der Waals surface area contributed by atoms with E-state index in [0.717, 1.165) is 6.42 Å². The first-order valence-electron chi connectivity index (χ1n) is 4.48. The van der Waals surface area contributed by atoms with E-state index in [1.807, 2.05) is 6.92 Å². The molecule has 1 heterocycles. The minimum absolute atomic E-state index is 0.237. The second kappa shape index (κ2) is 4.18. The highest BCUT2D eigenvalue weighted by Crippen LogP contribution is 2.19. The van der Waals surface area contributed by atoms with Crippen LogP contribution in [0.1, 0.15) is 26.2 Å². The van der Waals surface area contributed by atoms with Gasteiger partial charge in [0.1, 0.15) is 0 Å². The van der Waals surface area contributed by atoms with Crippen molar-refractivity contribution in [3.63, 3.8) is 0 Å². The summed E-state index contributed by atoms with van der Waals surface area (Å²) in [7, 11) is 0. The third-order valence-electron chi connectivity index (χ3n) is 2.12. The molecule has 13 heavy (non-hydrogen) atoms. The fourth-order valence-corrected chi connectivity index (χ4v) is 1.45. The highest BCUT2D eigenvalue weighted by atomic mass is 16.2. The van der Waals surface area contributed by atoms with Gasteiger partial charge in [0.15, 0.2) is 0 Å². The van der Waals surface area contributed by atoms with Gasteiger partial charge >= 0.3 is 0 Å². The molecule has 0 aliphatic carbocycles. The van der Waals surface area contributed by atoms with Gasteiger partial charge < -0.3 is 5.73 Å². The smallest absolute Gasteiger partial charge is 0.254 e. The van der Waals surface area contributed by atoms with Gasteiger partial charge in [-0.3, -0.25) is 14.9 Å². The fraction of sp³-hybridized carbons (Fsp3) is 0.556. The summed E-state index contributed by atoms with van der Waals surface area (Å²) in [6.07, 6.45) is 1.97. The van der Waals surface area contributed by atoms with Crippen molar-refractivity contribution in [2.24, 2.45) is 5.73 Å². The van der Waals surface area contributed by atoms with Gasteiger partial charge in [-0.15, -0.1) is 0 Å². The maximum atomic E-state index is 11.2. The predicted octanol–water partition coefficient (Wildman–Crippen LogP) is 0.0883. The summed E-state index contributed by atoms with van der Waals surface area (Å²) < 4.78 is 0. The Morgan fingerprint density at radius 1 is 1.23 bits per heavy atom. The molecule has 0 aromatic heterocycles. The largest absolute Gasteiger partial charge is 0.330 e. The number of rotatable bonds is 4. The van der Waals surface area contributed by atoms with Crippen LogP contribution in [0.15, 0.2) is 11.1 Å². The molecule has 0 aromatic carbocycles. The zero-order valence-corrected chi connectivity index (χ0v) is 7.72. The van der Waals surface area contributed by atoms with Crippen LogP contribution in [0.2, 0.25) is 0 Å². The van der Waals surface area contributed by atoms with Crippen LogP contribution in [0.25, 0.3) is 0 Å². The third kappa shape index (κ3) is 1.95. The molecule has 0 saturated heterocycles. The molecular formula is C9H14N2O2. The molecule has 2 amide bonds. The van der Waals surface area contributed by atoms with E-state index in [-0.39, 0.29) is 11.8 Å². The predicted molar refractivity (Wildman–Crippen MR) is 48.8 cm³/mol. The van der Waals surface area contributed by atoms with E-state index in [1.165, 1.54) is 0 Å². The first kappa shape index (κ1) is 9.92. The van der Waals surface area contributed by atoms with Gasteiger partial charge in [0, 0.05) is 11.1 Å². The summed E-state index contributed by atoms with van der Waals surface area (Å²) in [6.45, 7) is 2.41. The molecule has 1 aliphatic rings. The zero-order valence-electron chi connectivity index (χ0n) is 7.72. The number of nitrogens with one attached hydrogen (secondary N) is 1. The fourth-order valence-electron chi connectivity index (χ4n) is 1.45. The number of amides is 2. The van der Waals surface area contributed by atoms with Crippen LogP contribution >= 0.6 is 0 Å². The molecule has 72 valence electrons. The molecule has 0 spiro atoms. The molecule has 3 N–H and O–H groups in total. The highest BCUT2D eigenvalue weighted by molar-refractivity contribution is 6.19. The Morgan fingerprint density at radius 3 is 2.38 bits per heavy atom. The summed E-state index contributed by atoms with van der Waals surface area (Å²) in [4.78, 5) is 22.4. The molecule has 0 radical (unpaired) electrons. The third-order valence-corrected chi connectivity index (χ3v) is 2.12. The molecule has 0 aromatic rings. The van der Waals surface area contributed by atoms with Gasteiger partial charge in [-0.2, -0.15) is 0 Å². The van der Waals surface area contributed by atoms with Gasteiger partial charge in [0.05, 0.1) is 0 Å². The van der Waals surface area contributed by atoms with Crippen molar-refractivity contribution in [2.75, 3.05) is 6.54 Å². The molecule has 0 saturated carbocycles. The van der Waals surface area contributed by atoms with Gasteiger partial charge in [0.25, 0.3) is 11.8 Å². The Balaban J connectivity index is 2.79. The standard InChI is InChI=1S/C9H14N2O2/c1-2-6-7(4-3-5-10)9(13)11-8(6)12/h2-5,10H2,1H3,(H,11,12,13). The van der Waals surface area contributed by atoms with Gasteiger partial charge in [-0.1, -0.05) is 6.92 Å². The minimum Gasteiger partial charge on any atom is -0.330 e. The molecule has 1 aliphatic heterocycles.